The molecular formula is C11H19N5. The Morgan fingerprint density at radius 2 is 2.12 bits per heavy atom. The fourth-order valence-corrected chi connectivity index (χ4v) is 1.74. The van der Waals surface area contributed by atoms with Crippen LogP contribution in [0.1, 0.15) is 12.2 Å². The van der Waals surface area contributed by atoms with Gasteiger partial charge in [-0.2, -0.15) is 0 Å². The molecule has 1 aromatic rings. The van der Waals surface area contributed by atoms with E-state index in [-0.39, 0.29) is 0 Å². The van der Waals surface area contributed by atoms with Crippen LogP contribution in [-0.2, 0) is 6.42 Å². The first-order valence-electron chi connectivity index (χ1n) is 5.68. The standard InChI is InChI=1S/C11H19N5/c1-16(8-2-10-12-4-5-13-10)9-3-11-14-6-7-15-11/h4-7,10,12-13H,2-3,8-9H2,1H3,(H,14,15). The van der Waals surface area contributed by atoms with Gasteiger partial charge in [0.25, 0.3) is 0 Å². The molecular weight excluding hydrogens is 202 g/mol. The molecule has 88 valence electrons. The van der Waals surface area contributed by atoms with Gasteiger partial charge >= 0.3 is 0 Å². The molecule has 1 aliphatic rings. The number of imidazole rings is 1. The molecule has 0 atom stereocenters. The highest BCUT2D eigenvalue weighted by atomic mass is 15.2. The Morgan fingerprint density at radius 1 is 1.31 bits per heavy atom. The van der Waals surface area contributed by atoms with Gasteiger partial charge in [-0.3, -0.25) is 0 Å². The second-order valence-electron chi connectivity index (χ2n) is 4.10. The minimum atomic E-state index is 0.395. The van der Waals surface area contributed by atoms with Gasteiger partial charge < -0.3 is 20.5 Å². The van der Waals surface area contributed by atoms with E-state index in [1.54, 1.807) is 6.20 Å². The van der Waals surface area contributed by atoms with Crippen LogP contribution >= 0.6 is 0 Å². The van der Waals surface area contributed by atoms with Gasteiger partial charge in [0.15, 0.2) is 0 Å². The van der Waals surface area contributed by atoms with Gasteiger partial charge in [-0.15, -0.1) is 0 Å². The maximum absolute atomic E-state index is 4.21. The molecule has 0 bridgehead atoms. The lowest BCUT2D eigenvalue weighted by Gasteiger charge is -2.19. The fourth-order valence-electron chi connectivity index (χ4n) is 1.74. The summed E-state index contributed by atoms with van der Waals surface area (Å²) < 4.78 is 0. The quantitative estimate of drug-likeness (QED) is 0.645. The van der Waals surface area contributed by atoms with Crippen molar-refractivity contribution in [2.24, 2.45) is 0 Å². The zero-order valence-electron chi connectivity index (χ0n) is 9.61. The van der Waals surface area contributed by atoms with Crippen molar-refractivity contribution in [3.05, 3.63) is 30.6 Å². The zero-order chi connectivity index (χ0) is 11.2. The van der Waals surface area contributed by atoms with Crippen molar-refractivity contribution in [2.75, 3.05) is 20.1 Å². The Hall–Kier alpha value is -1.49. The molecule has 0 spiro atoms. The lowest BCUT2D eigenvalue weighted by Crippen LogP contribution is -2.35. The van der Waals surface area contributed by atoms with E-state index in [0.717, 1.165) is 31.8 Å². The molecule has 0 aromatic carbocycles. The van der Waals surface area contributed by atoms with Crippen LogP contribution in [0.15, 0.2) is 24.8 Å². The van der Waals surface area contributed by atoms with E-state index in [4.69, 9.17) is 0 Å². The molecule has 1 aliphatic heterocycles. The highest BCUT2D eigenvalue weighted by Crippen LogP contribution is 1.98. The van der Waals surface area contributed by atoms with Gasteiger partial charge in [-0.05, 0) is 13.5 Å². The number of H-pyrrole nitrogens is 1. The summed E-state index contributed by atoms with van der Waals surface area (Å²) in [6.45, 7) is 2.11. The van der Waals surface area contributed by atoms with Crippen molar-refractivity contribution in [1.29, 1.82) is 0 Å². The third kappa shape index (κ3) is 3.27. The largest absolute Gasteiger partial charge is 0.370 e. The number of nitrogens with one attached hydrogen (secondary N) is 3. The first-order chi connectivity index (χ1) is 7.84. The van der Waals surface area contributed by atoms with Crippen LogP contribution in [-0.4, -0.2) is 41.2 Å². The van der Waals surface area contributed by atoms with Crippen LogP contribution in [0.25, 0.3) is 0 Å². The molecule has 0 saturated heterocycles. The van der Waals surface area contributed by atoms with E-state index < -0.39 is 0 Å². The molecule has 5 heteroatoms. The summed E-state index contributed by atoms with van der Waals surface area (Å²) in [7, 11) is 2.14. The Morgan fingerprint density at radius 3 is 2.81 bits per heavy atom. The maximum Gasteiger partial charge on any atom is 0.107 e. The molecule has 0 fully saturated rings. The van der Waals surface area contributed by atoms with Crippen LogP contribution in [0, 0.1) is 0 Å². The number of nitrogens with zero attached hydrogens (tertiary/aromatic N) is 2. The van der Waals surface area contributed by atoms with Crippen molar-refractivity contribution in [2.45, 2.75) is 19.0 Å². The third-order valence-electron chi connectivity index (χ3n) is 2.76. The Bertz CT molecular complexity index is 311. The molecule has 0 amide bonds. The van der Waals surface area contributed by atoms with Crippen molar-refractivity contribution >= 4 is 0 Å². The second kappa shape index (κ2) is 5.55. The maximum atomic E-state index is 4.21. The van der Waals surface area contributed by atoms with Gasteiger partial charge in [-0.25, -0.2) is 4.98 Å². The number of hydrogen-bond donors (Lipinski definition) is 3. The topological polar surface area (TPSA) is 56.0 Å². The Balaban J connectivity index is 1.59. The average Bonchev–Trinajstić information content (AvgIpc) is 2.96. The molecule has 0 saturated carbocycles. The molecule has 0 aliphatic carbocycles. The van der Waals surface area contributed by atoms with E-state index in [0.29, 0.717) is 6.17 Å². The van der Waals surface area contributed by atoms with Gasteiger partial charge in [-0.1, -0.05) is 0 Å². The van der Waals surface area contributed by atoms with Crippen LogP contribution < -0.4 is 10.6 Å². The number of aromatic nitrogens is 2. The van der Waals surface area contributed by atoms with Crippen molar-refractivity contribution in [1.82, 2.24) is 25.5 Å². The summed E-state index contributed by atoms with van der Waals surface area (Å²) in [4.78, 5) is 9.65. The van der Waals surface area contributed by atoms with Crippen LogP contribution in [0.4, 0.5) is 0 Å². The SMILES string of the molecule is CN(CCc1ncc[nH]1)CCC1NC=CN1. The molecule has 2 rings (SSSR count). The molecule has 5 nitrogen and oxygen atoms in total. The van der Waals surface area contributed by atoms with E-state index >= 15 is 0 Å². The zero-order valence-corrected chi connectivity index (χ0v) is 9.61. The lowest BCUT2D eigenvalue weighted by atomic mass is 10.3. The molecule has 3 N–H and O–H groups in total. The first-order valence-corrected chi connectivity index (χ1v) is 5.68. The minimum absolute atomic E-state index is 0.395. The summed E-state index contributed by atoms with van der Waals surface area (Å²) in [5, 5.41) is 6.49. The van der Waals surface area contributed by atoms with Crippen LogP contribution in [0.5, 0.6) is 0 Å². The van der Waals surface area contributed by atoms with Crippen LogP contribution in [0.3, 0.4) is 0 Å². The predicted octanol–water partition coefficient (Wildman–Crippen LogP) is 0.264. The molecule has 16 heavy (non-hydrogen) atoms. The summed E-state index contributed by atoms with van der Waals surface area (Å²) in [5.74, 6) is 1.06. The number of hydrogen-bond acceptors (Lipinski definition) is 4. The molecule has 1 aromatic heterocycles. The predicted molar refractivity (Wildman–Crippen MR) is 63.6 cm³/mol. The number of likely N-dealkylation sites (N-methyl/N-ethyl adjacent to an activating group) is 1. The second-order valence-corrected chi connectivity index (χ2v) is 4.10. The van der Waals surface area contributed by atoms with E-state index in [1.165, 1.54) is 0 Å². The fraction of sp³-hybridized carbons (Fsp3) is 0.545. The first kappa shape index (κ1) is 11.0. The molecule has 0 unspecified atom stereocenters. The van der Waals surface area contributed by atoms with Crippen molar-refractivity contribution in [3.63, 3.8) is 0 Å². The van der Waals surface area contributed by atoms with Gasteiger partial charge in [0.05, 0.1) is 6.17 Å². The van der Waals surface area contributed by atoms with E-state index in [2.05, 4.69) is 32.5 Å². The summed E-state index contributed by atoms with van der Waals surface area (Å²) in [6, 6.07) is 0. The molecule has 0 radical (unpaired) electrons. The number of rotatable bonds is 6. The summed E-state index contributed by atoms with van der Waals surface area (Å²) in [5.41, 5.74) is 0. The van der Waals surface area contributed by atoms with Gasteiger partial charge in [0, 0.05) is 44.3 Å². The van der Waals surface area contributed by atoms with Crippen molar-refractivity contribution in [3.8, 4) is 0 Å². The van der Waals surface area contributed by atoms with Gasteiger partial charge in [0.1, 0.15) is 5.82 Å². The van der Waals surface area contributed by atoms with E-state index in [9.17, 15) is 0 Å². The van der Waals surface area contributed by atoms with Crippen LogP contribution in [0.2, 0.25) is 0 Å². The third-order valence-corrected chi connectivity index (χ3v) is 2.76. The Labute approximate surface area is 95.9 Å². The smallest absolute Gasteiger partial charge is 0.107 e. The Kier molecular flexibility index (Phi) is 3.82. The summed E-state index contributed by atoms with van der Waals surface area (Å²) in [6.07, 6.45) is 10.0. The highest BCUT2D eigenvalue weighted by molar-refractivity contribution is 4.91. The van der Waals surface area contributed by atoms with Crippen molar-refractivity contribution < 1.29 is 0 Å². The van der Waals surface area contributed by atoms with Gasteiger partial charge in [0.2, 0.25) is 0 Å². The molecule has 2 heterocycles. The average molecular weight is 221 g/mol. The summed E-state index contributed by atoms with van der Waals surface area (Å²) >= 11 is 0. The highest BCUT2D eigenvalue weighted by Gasteiger charge is 2.09. The normalized spacial score (nSPS) is 15.4. The van der Waals surface area contributed by atoms with E-state index in [1.807, 2.05) is 18.6 Å². The lowest BCUT2D eigenvalue weighted by molar-refractivity contribution is 0.310. The monoisotopic (exact) mass is 221 g/mol. The minimum Gasteiger partial charge on any atom is -0.370 e. The number of aromatic amines is 1.